The van der Waals surface area contributed by atoms with E-state index in [1.807, 2.05) is 0 Å². The molecule has 42 heavy (non-hydrogen) atoms. The Morgan fingerprint density at radius 3 is 1.74 bits per heavy atom. The first kappa shape index (κ1) is 32.1. The highest BCUT2D eigenvalue weighted by molar-refractivity contribution is 5.72. The Balaban J connectivity index is 1.38. The summed E-state index contributed by atoms with van der Waals surface area (Å²) in [6.07, 6.45) is 15.6. The number of hydrogen-bond acceptors (Lipinski definition) is 1. The van der Waals surface area contributed by atoms with Crippen LogP contribution in [-0.4, -0.2) is 6.61 Å². The average Bonchev–Trinajstić information content (AvgIpc) is 3.01. The fourth-order valence-corrected chi connectivity index (χ4v) is 6.31. The Morgan fingerprint density at radius 2 is 1.12 bits per heavy atom. The second-order valence-corrected chi connectivity index (χ2v) is 12.0. The lowest BCUT2D eigenvalue weighted by Gasteiger charge is -2.29. The minimum absolute atomic E-state index is 0.0495. The molecule has 0 unspecified atom stereocenters. The van der Waals surface area contributed by atoms with Crippen LogP contribution in [0.3, 0.4) is 0 Å². The summed E-state index contributed by atoms with van der Waals surface area (Å²) in [6.45, 7) is 4.67. The third kappa shape index (κ3) is 8.17. The quantitative estimate of drug-likeness (QED) is 0.128. The first-order chi connectivity index (χ1) is 20.4. The number of rotatable bonds is 15. The fraction of sp³-hybridized carbons (Fsp3) is 0.514. The van der Waals surface area contributed by atoms with Gasteiger partial charge in [0.25, 0.3) is 0 Å². The summed E-state index contributed by atoms with van der Waals surface area (Å²) < 4.78 is 65.6. The van der Waals surface area contributed by atoms with E-state index in [2.05, 4.69) is 13.8 Å². The van der Waals surface area contributed by atoms with E-state index in [0.29, 0.717) is 29.2 Å². The van der Waals surface area contributed by atoms with Gasteiger partial charge in [-0.15, -0.1) is 0 Å². The molecule has 0 amide bonds. The van der Waals surface area contributed by atoms with Crippen LogP contribution in [0.25, 0.3) is 22.3 Å². The molecule has 1 fully saturated rings. The molecule has 0 bridgehead atoms. The molecule has 0 atom stereocenters. The van der Waals surface area contributed by atoms with Crippen LogP contribution in [0, 0.1) is 29.2 Å². The standard InChI is InChI=1S/C37H46F4O/c1-3-5-7-9-10-12-26-13-15-27(16-14-26)30-21-22-31(35(39)34(30)38)28-17-19-29(20-18-28)32-23-24-33(37(41)36(32)40)42-25-11-8-6-4-2/h17-24,26-27H,3-16,25H2,1-2H3. The first-order valence-corrected chi connectivity index (χ1v) is 16.1. The summed E-state index contributed by atoms with van der Waals surface area (Å²) in [5.74, 6) is -2.97. The van der Waals surface area contributed by atoms with Crippen molar-refractivity contribution in [1.82, 2.24) is 0 Å². The normalized spacial score (nSPS) is 17.0. The summed E-state index contributed by atoms with van der Waals surface area (Å²) in [4.78, 5) is 0. The van der Waals surface area contributed by atoms with E-state index in [9.17, 15) is 8.78 Å². The molecule has 0 radical (unpaired) electrons. The van der Waals surface area contributed by atoms with Crippen molar-refractivity contribution in [2.24, 2.45) is 5.92 Å². The minimum Gasteiger partial charge on any atom is -0.490 e. The maximum atomic E-state index is 15.3. The predicted octanol–water partition coefficient (Wildman–Crippen LogP) is 12.2. The van der Waals surface area contributed by atoms with Gasteiger partial charge in [-0.3, -0.25) is 0 Å². The SMILES string of the molecule is CCCCCCCC1CCC(c2ccc(-c3ccc(-c4ccc(OCCCCCC)c(F)c4F)cc3)c(F)c2F)CC1. The maximum Gasteiger partial charge on any atom is 0.201 e. The molecule has 1 aliphatic carbocycles. The largest absolute Gasteiger partial charge is 0.490 e. The summed E-state index contributed by atoms with van der Waals surface area (Å²) >= 11 is 0. The lowest BCUT2D eigenvalue weighted by atomic mass is 9.76. The topological polar surface area (TPSA) is 9.23 Å². The molecule has 5 heteroatoms. The molecule has 0 spiro atoms. The van der Waals surface area contributed by atoms with Crippen LogP contribution in [0.5, 0.6) is 5.75 Å². The molecule has 3 aromatic rings. The Morgan fingerprint density at radius 1 is 0.571 bits per heavy atom. The van der Waals surface area contributed by atoms with Gasteiger partial charge in [0.05, 0.1) is 6.61 Å². The molecule has 4 rings (SSSR count). The molecular formula is C37H46F4O. The summed E-state index contributed by atoms with van der Waals surface area (Å²) in [6, 6.07) is 12.8. The van der Waals surface area contributed by atoms with Crippen molar-refractivity contribution >= 4 is 0 Å². The number of halogens is 4. The van der Waals surface area contributed by atoms with E-state index >= 15 is 8.78 Å². The van der Waals surface area contributed by atoms with Crippen molar-refractivity contribution in [2.75, 3.05) is 6.61 Å². The highest BCUT2D eigenvalue weighted by Gasteiger charge is 2.26. The molecule has 0 heterocycles. The summed E-state index contributed by atoms with van der Waals surface area (Å²) in [5, 5.41) is 0. The zero-order valence-corrected chi connectivity index (χ0v) is 25.3. The van der Waals surface area contributed by atoms with Crippen LogP contribution in [0.4, 0.5) is 17.6 Å². The third-order valence-electron chi connectivity index (χ3n) is 8.92. The molecule has 1 saturated carbocycles. The van der Waals surface area contributed by atoms with E-state index in [-0.39, 0.29) is 22.8 Å². The highest BCUT2D eigenvalue weighted by Crippen LogP contribution is 2.40. The van der Waals surface area contributed by atoms with Gasteiger partial charge in [-0.25, -0.2) is 13.2 Å². The molecule has 3 aromatic carbocycles. The summed E-state index contributed by atoms with van der Waals surface area (Å²) in [5.41, 5.74) is 1.67. The Labute approximate surface area is 249 Å². The molecule has 0 aliphatic heterocycles. The van der Waals surface area contributed by atoms with Gasteiger partial charge in [0.1, 0.15) is 0 Å². The Bertz CT molecular complexity index is 1260. The van der Waals surface area contributed by atoms with Crippen molar-refractivity contribution in [1.29, 1.82) is 0 Å². The van der Waals surface area contributed by atoms with Gasteiger partial charge in [-0.1, -0.05) is 108 Å². The van der Waals surface area contributed by atoms with Gasteiger partial charge in [0, 0.05) is 11.1 Å². The van der Waals surface area contributed by atoms with Gasteiger partial charge >= 0.3 is 0 Å². The van der Waals surface area contributed by atoms with Crippen molar-refractivity contribution in [3.05, 3.63) is 77.4 Å². The lowest BCUT2D eigenvalue weighted by Crippen LogP contribution is -2.15. The van der Waals surface area contributed by atoms with Crippen LogP contribution in [0.2, 0.25) is 0 Å². The average molecular weight is 583 g/mol. The third-order valence-corrected chi connectivity index (χ3v) is 8.92. The number of hydrogen-bond donors (Lipinski definition) is 0. The van der Waals surface area contributed by atoms with Gasteiger partial charge in [-0.05, 0) is 72.8 Å². The molecule has 0 N–H and O–H groups in total. The van der Waals surface area contributed by atoms with Gasteiger partial charge < -0.3 is 4.74 Å². The maximum absolute atomic E-state index is 15.3. The molecule has 1 nitrogen and oxygen atoms in total. The second-order valence-electron chi connectivity index (χ2n) is 12.0. The van der Waals surface area contributed by atoms with E-state index in [1.54, 1.807) is 36.4 Å². The summed E-state index contributed by atoms with van der Waals surface area (Å²) in [7, 11) is 0. The molecule has 1 aliphatic rings. The van der Waals surface area contributed by atoms with Crippen LogP contribution in [0.15, 0.2) is 48.5 Å². The zero-order chi connectivity index (χ0) is 29.9. The van der Waals surface area contributed by atoms with Crippen LogP contribution in [-0.2, 0) is 0 Å². The number of benzene rings is 3. The van der Waals surface area contributed by atoms with Crippen LogP contribution in [0.1, 0.15) is 115 Å². The van der Waals surface area contributed by atoms with E-state index < -0.39 is 23.3 Å². The van der Waals surface area contributed by atoms with Gasteiger partial charge in [-0.2, -0.15) is 4.39 Å². The van der Waals surface area contributed by atoms with Crippen LogP contribution >= 0.6 is 0 Å². The fourth-order valence-electron chi connectivity index (χ4n) is 6.31. The van der Waals surface area contributed by atoms with E-state index in [1.165, 1.54) is 50.7 Å². The van der Waals surface area contributed by atoms with Crippen molar-refractivity contribution < 1.29 is 22.3 Å². The Kier molecular flexibility index (Phi) is 12.3. The van der Waals surface area contributed by atoms with Crippen molar-refractivity contribution in [3.8, 4) is 28.0 Å². The van der Waals surface area contributed by atoms with E-state index in [0.717, 1.165) is 51.4 Å². The smallest absolute Gasteiger partial charge is 0.201 e. The molecule has 0 aromatic heterocycles. The lowest BCUT2D eigenvalue weighted by molar-refractivity contribution is 0.285. The first-order valence-electron chi connectivity index (χ1n) is 16.1. The van der Waals surface area contributed by atoms with Crippen LogP contribution < -0.4 is 4.74 Å². The highest BCUT2D eigenvalue weighted by atomic mass is 19.2. The monoisotopic (exact) mass is 582 g/mol. The molecule has 0 saturated heterocycles. The second kappa shape index (κ2) is 16.1. The number of ether oxygens (including phenoxy) is 1. The van der Waals surface area contributed by atoms with Gasteiger partial charge in [0.15, 0.2) is 23.2 Å². The molecular weight excluding hydrogens is 536 g/mol. The van der Waals surface area contributed by atoms with E-state index in [4.69, 9.17) is 4.74 Å². The van der Waals surface area contributed by atoms with Crippen molar-refractivity contribution in [3.63, 3.8) is 0 Å². The van der Waals surface area contributed by atoms with Gasteiger partial charge in [0.2, 0.25) is 5.82 Å². The number of unbranched alkanes of at least 4 members (excludes halogenated alkanes) is 7. The van der Waals surface area contributed by atoms with Crippen molar-refractivity contribution in [2.45, 2.75) is 110 Å². The Hall–Kier alpha value is -2.82. The predicted molar refractivity (Wildman–Crippen MR) is 165 cm³/mol. The minimum atomic E-state index is -1.02. The zero-order valence-electron chi connectivity index (χ0n) is 25.3. The molecule has 228 valence electrons.